The molecule has 2 rings (SSSR count). The van der Waals surface area contributed by atoms with Crippen molar-refractivity contribution in [2.45, 2.75) is 19.8 Å². The van der Waals surface area contributed by atoms with E-state index in [1.165, 1.54) is 18.5 Å². The lowest BCUT2D eigenvalue weighted by Gasteiger charge is -2.07. The van der Waals surface area contributed by atoms with Crippen molar-refractivity contribution in [3.05, 3.63) is 47.8 Å². The number of nitrogens with zero attached hydrogens (tertiary/aromatic N) is 2. The first-order chi connectivity index (χ1) is 10.6. The Labute approximate surface area is 126 Å². The van der Waals surface area contributed by atoms with E-state index in [1.807, 2.05) is 6.92 Å². The summed E-state index contributed by atoms with van der Waals surface area (Å²) in [5, 5.41) is 5.37. The van der Waals surface area contributed by atoms with Gasteiger partial charge in [-0.05, 0) is 18.6 Å². The summed E-state index contributed by atoms with van der Waals surface area (Å²) in [6.45, 7) is 2.63. The molecular weight excluding hydrogens is 290 g/mol. The van der Waals surface area contributed by atoms with Gasteiger partial charge in [-0.3, -0.25) is 4.79 Å². The highest BCUT2D eigenvalue weighted by Gasteiger charge is 2.08. The van der Waals surface area contributed by atoms with E-state index < -0.39 is 11.6 Å². The van der Waals surface area contributed by atoms with Crippen molar-refractivity contribution in [2.24, 2.45) is 0 Å². The van der Waals surface area contributed by atoms with Crippen LogP contribution in [0.3, 0.4) is 0 Å². The Morgan fingerprint density at radius 1 is 1.23 bits per heavy atom. The van der Waals surface area contributed by atoms with Crippen LogP contribution in [0.4, 0.5) is 20.4 Å². The summed E-state index contributed by atoms with van der Waals surface area (Å²) in [6.07, 6.45) is 4.58. The molecule has 7 heteroatoms. The van der Waals surface area contributed by atoms with Crippen molar-refractivity contribution in [3.63, 3.8) is 0 Å². The van der Waals surface area contributed by atoms with Crippen LogP contribution in [0.1, 0.15) is 30.1 Å². The van der Waals surface area contributed by atoms with Crippen LogP contribution in [0.25, 0.3) is 0 Å². The molecule has 0 saturated carbocycles. The lowest BCUT2D eigenvalue weighted by Crippen LogP contribution is -2.24. The van der Waals surface area contributed by atoms with Crippen LogP contribution in [-0.2, 0) is 0 Å². The van der Waals surface area contributed by atoms with E-state index in [-0.39, 0.29) is 17.5 Å². The van der Waals surface area contributed by atoms with Gasteiger partial charge in [-0.25, -0.2) is 18.7 Å². The Hall–Kier alpha value is -2.57. The molecule has 1 aromatic carbocycles. The lowest BCUT2D eigenvalue weighted by atomic mass is 10.3. The van der Waals surface area contributed by atoms with Crippen molar-refractivity contribution >= 4 is 17.5 Å². The van der Waals surface area contributed by atoms with Gasteiger partial charge in [-0.2, -0.15) is 0 Å². The van der Waals surface area contributed by atoms with Crippen LogP contribution in [0.5, 0.6) is 0 Å². The highest BCUT2D eigenvalue weighted by molar-refractivity contribution is 5.93. The number of carbonyl (C=O) groups excluding carboxylic acids is 1. The summed E-state index contributed by atoms with van der Waals surface area (Å²) in [4.78, 5) is 19.7. The summed E-state index contributed by atoms with van der Waals surface area (Å²) in [7, 11) is 0. The normalized spacial score (nSPS) is 10.3. The highest BCUT2D eigenvalue weighted by atomic mass is 19.1. The molecule has 0 bridgehead atoms. The molecule has 22 heavy (non-hydrogen) atoms. The molecular formula is C15H16F2N4O. The number of halogens is 2. The molecule has 0 radical (unpaired) electrons. The van der Waals surface area contributed by atoms with E-state index in [9.17, 15) is 13.6 Å². The minimum absolute atomic E-state index is 0.0570. The van der Waals surface area contributed by atoms with Gasteiger partial charge in [0.15, 0.2) is 0 Å². The molecule has 116 valence electrons. The minimum Gasteiger partial charge on any atom is -0.352 e. The predicted molar refractivity (Wildman–Crippen MR) is 78.9 cm³/mol. The summed E-state index contributed by atoms with van der Waals surface area (Å²) >= 11 is 0. The van der Waals surface area contributed by atoms with Gasteiger partial charge in [0.25, 0.3) is 5.91 Å². The van der Waals surface area contributed by atoms with Crippen LogP contribution >= 0.6 is 0 Å². The topological polar surface area (TPSA) is 66.9 Å². The Morgan fingerprint density at radius 2 is 1.95 bits per heavy atom. The maximum Gasteiger partial charge on any atom is 0.254 e. The maximum atomic E-state index is 13.5. The number of nitrogens with one attached hydrogen (secondary N) is 2. The molecule has 0 aliphatic heterocycles. The zero-order valence-corrected chi connectivity index (χ0v) is 12.1. The number of amides is 1. The van der Waals surface area contributed by atoms with E-state index in [2.05, 4.69) is 20.6 Å². The fourth-order valence-corrected chi connectivity index (χ4v) is 1.70. The van der Waals surface area contributed by atoms with Gasteiger partial charge in [0.1, 0.15) is 11.6 Å². The van der Waals surface area contributed by atoms with E-state index in [0.717, 1.165) is 25.0 Å². The largest absolute Gasteiger partial charge is 0.352 e. The van der Waals surface area contributed by atoms with Crippen molar-refractivity contribution < 1.29 is 13.6 Å². The molecule has 0 saturated heterocycles. The third-order valence-electron chi connectivity index (χ3n) is 2.91. The maximum absolute atomic E-state index is 13.5. The van der Waals surface area contributed by atoms with E-state index in [0.29, 0.717) is 12.1 Å². The third kappa shape index (κ3) is 4.21. The average Bonchev–Trinajstić information content (AvgIpc) is 2.51. The van der Waals surface area contributed by atoms with Crippen LogP contribution in [-0.4, -0.2) is 22.4 Å². The molecule has 0 atom stereocenters. The molecule has 0 unspecified atom stereocenters. The molecule has 1 aromatic heterocycles. The Balaban J connectivity index is 2.01. The second-order valence-corrected chi connectivity index (χ2v) is 4.65. The van der Waals surface area contributed by atoms with Gasteiger partial charge in [0.05, 0.1) is 11.3 Å². The predicted octanol–water partition coefficient (Wildman–Crippen LogP) is 3.03. The van der Waals surface area contributed by atoms with Crippen LogP contribution in [0.15, 0.2) is 30.6 Å². The molecule has 0 aliphatic carbocycles. The van der Waals surface area contributed by atoms with E-state index in [4.69, 9.17) is 0 Å². The lowest BCUT2D eigenvalue weighted by molar-refractivity contribution is 0.0952. The summed E-state index contributed by atoms with van der Waals surface area (Å²) in [5.41, 5.74) is 0.378. The van der Waals surface area contributed by atoms with Gasteiger partial charge in [0.2, 0.25) is 5.95 Å². The Kier molecular flexibility index (Phi) is 5.35. The highest BCUT2D eigenvalue weighted by Crippen LogP contribution is 2.18. The van der Waals surface area contributed by atoms with Crippen molar-refractivity contribution in [3.8, 4) is 0 Å². The summed E-state index contributed by atoms with van der Waals surface area (Å²) in [6, 6.07) is 3.14. The zero-order chi connectivity index (χ0) is 15.9. The molecule has 1 heterocycles. The zero-order valence-electron chi connectivity index (χ0n) is 12.1. The van der Waals surface area contributed by atoms with Crippen LogP contribution in [0, 0.1) is 11.6 Å². The number of hydrogen-bond acceptors (Lipinski definition) is 4. The smallest absolute Gasteiger partial charge is 0.254 e. The second-order valence-electron chi connectivity index (χ2n) is 4.65. The van der Waals surface area contributed by atoms with Gasteiger partial charge in [-0.1, -0.05) is 13.3 Å². The molecule has 0 spiro atoms. The third-order valence-corrected chi connectivity index (χ3v) is 2.91. The first-order valence-electron chi connectivity index (χ1n) is 6.92. The van der Waals surface area contributed by atoms with Crippen LogP contribution in [0.2, 0.25) is 0 Å². The van der Waals surface area contributed by atoms with Crippen molar-refractivity contribution in [1.29, 1.82) is 0 Å². The second kappa shape index (κ2) is 7.44. The van der Waals surface area contributed by atoms with Gasteiger partial charge in [-0.15, -0.1) is 0 Å². The van der Waals surface area contributed by atoms with Gasteiger partial charge in [0, 0.05) is 25.0 Å². The molecule has 0 aliphatic rings. The van der Waals surface area contributed by atoms with E-state index in [1.54, 1.807) is 0 Å². The SMILES string of the molecule is CCCCNC(=O)c1cnc(Nc2ccc(F)cc2F)nc1. The number of rotatable bonds is 6. The monoisotopic (exact) mass is 306 g/mol. The summed E-state index contributed by atoms with van der Waals surface area (Å²) < 4.78 is 26.3. The number of unbranched alkanes of at least 4 members (excludes halogenated alkanes) is 1. The first-order valence-corrected chi connectivity index (χ1v) is 6.92. The fraction of sp³-hybridized carbons (Fsp3) is 0.267. The Bertz CT molecular complexity index is 646. The minimum atomic E-state index is -0.745. The van der Waals surface area contributed by atoms with Gasteiger partial charge >= 0.3 is 0 Å². The molecule has 1 amide bonds. The van der Waals surface area contributed by atoms with Crippen LogP contribution < -0.4 is 10.6 Å². The number of anilines is 2. The molecule has 2 aromatic rings. The molecule has 0 fully saturated rings. The molecule has 2 N–H and O–H groups in total. The van der Waals surface area contributed by atoms with Crippen molar-refractivity contribution in [1.82, 2.24) is 15.3 Å². The number of aromatic nitrogens is 2. The Morgan fingerprint density at radius 3 is 2.59 bits per heavy atom. The average molecular weight is 306 g/mol. The standard InChI is InChI=1S/C15H16F2N4O/c1-2-3-6-18-14(22)10-8-19-15(20-9-10)21-13-5-4-11(16)7-12(13)17/h4-5,7-9H,2-3,6H2,1H3,(H,18,22)(H,19,20,21). The number of hydrogen-bond donors (Lipinski definition) is 2. The van der Waals surface area contributed by atoms with Crippen molar-refractivity contribution in [2.75, 3.05) is 11.9 Å². The van der Waals surface area contributed by atoms with E-state index >= 15 is 0 Å². The first kappa shape index (κ1) is 15.8. The van der Waals surface area contributed by atoms with Gasteiger partial charge < -0.3 is 10.6 Å². The quantitative estimate of drug-likeness (QED) is 0.805. The summed E-state index contributed by atoms with van der Waals surface area (Å²) in [5.74, 6) is -1.54. The molecule has 5 nitrogen and oxygen atoms in total. The number of carbonyl (C=O) groups is 1. The fourth-order valence-electron chi connectivity index (χ4n) is 1.70. The number of benzene rings is 1.